The summed E-state index contributed by atoms with van der Waals surface area (Å²) in [4.78, 5) is 0. The summed E-state index contributed by atoms with van der Waals surface area (Å²) < 4.78 is 0. The Morgan fingerprint density at radius 1 is 1.19 bits per heavy atom. The molecule has 0 heterocycles. The molecule has 88 valence electrons. The third kappa shape index (κ3) is 3.11. The second-order valence-electron chi connectivity index (χ2n) is 4.26. The summed E-state index contributed by atoms with van der Waals surface area (Å²) in [6.07, 6.45) is 2.81. The number of hydrogen-bond donors (Lipinski definition) is 2. The molecule has 1 saturated carbocycles. The first-order chi connectivity index (χ1) is 7.65. The van der Waals surface area contributed by atoms with Crippen molar-refractivity contribution >= 4 is 23.2 Å². The lowest BCUT2D eigenvalue weighted by atomic mass is 10.2. The van der Waals surface area contributed by atoms with Crippen LogP contribution in [0.1, 0.15) is 24.8 Å². The fourth-order valence-electron chi connectivity index (χ4n) is 2.14. The normalized spacial score (nSPS) is 24.9. The Kier molecular flexibility index (Phi) is 4.09. The number of benzene rings is 1. The molecule has 1 aromatic carbocycles. The molecule has 2 N–H and O–H groups in total. The standard InChI is InChI=1S/C12H15Cl2NO/c13-9-4-8(5-10(14)6-9)7-15-11-2-1-3-12(11)16/h4-6,11-12,15-16H,1-3,7H2. The first kappa shape index (κ1) is 12.2. The van der Waals surface area contributed by atoms with Crippen molar-refractivity contribution in [1.29, 1.82) is 0 Å². The molecule has 2 nitrogen and oxygen atoms in total. The Hall–Kier alpha value is -0.280. The molecule has 1 aromatic rings. The predicted molar refractivity (Wildman–Crippen MR) is 66.9 cm³/mol. The molecular formula is C12H15Cl2NO. The number of aliphatic hydroxyl groups is 1. The summed E-state index contributed by atoms with van der Waals surface area (Å²) in [5.41, 5.74) is 1.05. The Bertz CT molecular complexity index is 350. The van der Waals surface area contributed by atoms with Crippen LogP contribution < -0.4 is 5.32 Å². The van der Waals surface area contributed by atoms with Gasteiger partial charge in [-0.1, -0.05) is 23.2 Å². The average molecular weight is 260 g/mol. The molecule has 1 fully saturated rings. The molecule has 2 atom stereocenters. The molecule has 2 rings (SSSR count). The van der Waals surface area contributed by atoms with E-state index in [1.165, 1.54) is 0 Å². The van der Waals surface area contributed by atoms with Crippen molar-refractivity contribution in [1.82, 2.24) is 5.32 Å². The van der Waals surface area contributed by atoms with Gasteiger partial charge in [-0.15, -0.1) is 0 Å². The minimum atomic E-state index is -0.213. The average Bonchev–Trinajstić information content (AvgIpc) is 2.59. The van der Waals surface area contributed by atoms with E-state index in [1.807, 2.05) is 12.1 Å². The van der Waals surface area contributed by atoms with Crippen LogP contribution in [0.5, 0.6) is 0 Å². The molecule has 4 heteroatoms. The lowest BCUT2D eigenvalue weighted by Crippen LogP contribution is -2.35. The summed E-state index contributed by atoms with van der Waals surface area (Å²) >= 11 is 11.8. The van der Waals surface area contributed by atoms with Gasteiger partial charge in [-0.2, -0.15) is 0 Å². The van der Waals surface area contributed by atoms with Crippen molar-refractivity contribution in [3.8, 4) is 0 Å². The summed E-state index contributed by atoms with van der Waals surface area (Å²) in [5, 5.41) is 14.3. The van der Waals surface area contributed by atoms with E-state index in [1.54, 1.807) is 6.07 Å². The summed E-state index contributed by atoms with van der Waals surface area (Å²) in [6.45, 7) is 0.696. The van der Waals surface area contributed by atoms with E-state index in [2.05, 4.69) is 5.32 Å². The van der Waals surface area contributed by atoms with Crippen molar-refractivity contribution in [2.75, 3.05) is 0 Å². The van der Waals surface area contributed by atoms with Crippen LogP contribution in [0.4, 0.5) is 0 Å². The zero-order chi connectivity index (χ0) is 11.5. The molecule has 1 aliphatic rings. The van der Waals surface area contributed by atoms with Gasteiger partial charge in [-0.05, 0) is 43.0 Å². The summed E-state index contributed by atoms with van der Waals surface area (Å²) in [5.74, 6) is 0. The highest BCUT2D eigenvalue weighted by Gasteiger charge is 2.24. The van der Waals surface area contributed by atoms with E-state index in [0.29, 0.717) is 16.6 Å². The quantitative estimate of drug-likeness (QED) is 0.875. The summed E-state index contributed by atoms with van der Waals surface area (Å²) in [7, 11) is 0. The zero-order valence-electron chi connectivity index (χ0n) is 8.92. The largest absolute Gasteiger partial charge is 0.392 e. The van der Waals surface area contributed by atoms with Gasteiger partial charge in [0.05, 0.1) is 6.10 Å². The minimum Gasteiger partial charge on any atom is -0.392 e. The van der Waals surface area contributed by atoms with Gasteiger partial charge in [0.25, 0.3) is 0 Å². The van der Waals surface area contributed by atoms with Crippen LogP contribution in [-0.4, -0.2) is 17.3 Å². The van der Waals surface area contributed by atoms with Crippen molar-refractivity contribution in [3.63, 3.8) is 0 Å². The smallest absolute Gasteiger partial charge is 0.0693 e. The van der Waals surface area contributed by atoms with Gasteiger partial charge in [0, 0.05) is 22.6 Å². The van der Waals surface area contributed by atoms with Gasteiger partial charge in [0.2, 0.25) is 0 Å². The van der Waals surface area contributed by atoms with Crippen LogP contribution >= 0.6 is 23.2 Å². The molecule has 0 spiro atoms. The van der Waals surface area contributed by atoms with Gasteiger partial charge in [0.1, 0.15) is 0 Å². The van der Waals surface area contributed by atoms with Crippen molar-refractivity contribution in [3.05, 3.63) is 33.8 Å². The first-order valence-electron chi connectivity index (χ1n) is 5.51. The number of aliphatic hydroxyl groups excluding tert-OH is 1. The lowest BCUT2D eigenvalue weighted by molar-refractivity contribution is 0.148. The van der Waals surface area contributed by atoms with E-state index in [4.69, 9.17) is 23.2 Å². The van der Waals surface area contributed by atoms with Gasteiger partial charge in [-0.25, -0.2) is 0 Å². The van der Waals surface area contributed by atoms with Crippen LogP contribution in [-0.2, 0) is 6.54 Å². The van der Waals surface area contributed by atoms with Crippen LogP contribution in [0.2, 0.25) is 10.0 Å². The van der Waals surface area contributed by atoms with Crippen LogP contribution in [0.3, 0.4) is 0 Å². The van der Waals surface area contributed by atoms with E-state index in [9.17, 15) is 5.11 Å². The molecule has 0 saturated heterocycles. The number of rotatable bonds is 3. The molecule has 0 radical (unpaired) electrons. The first-order valence-corrected chi connectivity index (χ1v) is 6.27. The molecule has 16 heavy (non-hydrogen) atoms. The van der Waals surface area contributed by atoms with Gasteiger partial charge in [-0.3, -0.25) is 0 Å². The van der Waals surface area contributed by atoms with Crippen molar-refractivity contribution in [2.24, 2.45) is 0 Å². The zero-order valence-corrected chi connectivity index (χ0v) is 10.4. The molecule has 0 aromatic heterocycles. The minimum absolute atomic E-state index is 0.206. The topological polar surface area (TPSA) is 32.3 Å². The molecular weight excluding hydrogens is 245 g/mol. The molecule has 0 bridgehead atoms. The van der Waals surface area contributed by atoms with E-state index in [0.717, 1.165) is 24.8 Å². The number of hydrogen-bond acceptors (Lipinski definition) is 2. The van der Waals surface area contributed by atoms with E-state index >= 15 is 0 Å². The Labute approximate surface area is 106 Å². The van der Waals surface area contributed by atoms with Crippen LogP contribution in [0.25, 0.3) is 0 Å². The third-order valence-corrected chi connectivity index (χ3v) is 3.41. The van der Waals surface area contributed by atoms with Crippen molar-refractivity contribution < 1.29 is 5.11 Å². The number of nitrogens with one attached hydrogen (secondary N) is 1. The van der Waals surface area contributed by atoms with E-state index in [-0.39, 0.29) is 12.1 Å². The molecule has 0 amide bonds. The predicted octanol–water partition coefficient (Wildman–Crippen LogP) is 3.00. The third-order valence-electron chi connectivity index (χ3n) is 2.97. The van der Waals surface area contributed by atoms with Crippen LogP contribution in [0, 0.1) is 0 Å². The molecule has 0 aliphatic heterocycles. The maximum Gasteiger partial charge on any atom is 0.0693 e. The summed E-state index contributed by atoms with van der Waals surface area (Å²) in [6, 6.07) is 5.71. The highest BCUT2D eigenvalue weighted by molar-refractivity contribution is 6.34. The number of halogens is 2. The van der Waals surface area contributed by atoms with E-state index < -0.39 is 0 Å². The Balaban J connectivity index is 1.94. The van der Waals surface area contributed by atoms with Gasteiger partial charge in [0.15, 0.2) is 0 Å². The maximum atomic E-state index is 9.66. The second-order valence-corrected chi connectivity index (χ2v) is 5.14. The molecule has 1 aliphatic carbocycles. The maximum absolute atomic E-state index is 9.66. The van der Waals surface area contributed by atoms with Crippen molar-refractivity contribution in [2.45, 2.75) is 38.0 Å². The fourth-order valence-corrected chi connectivity index (χ4v) is 2.71. The van der Waals surface area contributed by atoms with Gasteiger partial charge < -0.3 is 10.4 Å². The Morgan fingerprint density at radius 3 is 2.44 bits per heavy atom. The monoisotopic (exact) mass is 259 g/mol. The highest BCUT2D eigenvalue weighted by atomic mass is 35.5. The second kappa shape index (κ2) is 5.37. The molecule has 2 unspecified atom stereocenters. The Morgan fingerprint density at radius 2 is 1.88 bits per heavy atom. The SMILES string of the molecule is OC1CCCC1NCc1cc(Cl)cc(Cl)c1. The lowest BCUT2D eigenvalue weighted by Gasteiger charge is -2.16. The highest BCUT2D eigenvalue weighted by Crippen LogP contribution is 2.21. The fraction of sp³-hybridized carbons (Fsp3) is 0.500. The van der Waals surface area contributed by atoms with Gasteiger partial charge >= 0.3 is 0 Å². The van der Waals surface area contributed by atoms with Crippen LogP contribution in [0.15, 0.2) is 18.2 Å².